The van der Waals surface area contributed by atoms with Gasteiger partial charge in [-0.3, -0.25) is 14.6 Å². The molecule has 1 aromatic carbocycles. The number of pyridine rings is 1. The Hall–Kier alpha value is -3.06. The van der Waals surface area contributed by atoms with E-state index in [2.05, 4.69) is 4.98 Å². The van der Waals surface area contributed by atoms with Crippen LogP contribution in [0, 0.1) is 5.82 Å². The van der Waals surface area contributed by atoms with Gasteiger partial charge in [-0.2, -0.15) is 0 Å². The number of aliphatic hydroxyl groups excluding tert-OH is 1. The summed E-state index contributed by atoms with van der Waals surface area (Å²) in [7, 11) is 3.74. The summed E-state index contributed by atoms with van der Waals surface area (Å²) in [4.78, 5) is 32.7. The third kappa shape index (κ3) is 3.73. The third-order valence-corrected chi connectivity index (χ3v) is 4.47. The standard InChI is InChI=1S/C20H20FN3O3/c1-23(2)11-12-24-17(13-7-9-22-10-8-13)16(19(26)20(24)27)18(25)14-3-5-15(21)6-4-14/h3-10,17,25H,11-12H2,1-2H3/b18-16+. The highest BCUT2D eigenvalue weighted by atomic mass is 19.1. The summed E-state index contributed by atoms with van der Waals surface area (Å²) in [5.74, 6) is -2.19. The quantitative estimate of drug-likeness (QED) is 0.497. The minimum absolute atomic E-state index is 0.00318. The van der Waals surface area contributed by atoms with Crippen LogP contribution in [0.3, 0.4) is 0 Å². The molecule has 0 aliphatic carbocycles. The maximum Gasteiger partial charge on any atom is 0.295 e. The largest absolute Gasteiger partial charge is 0.507 e. The van der Waals surface area contributed by atoms with Crippen molar-refractivity contribution in [3.05, 3.63) is 71.3 Å². The zero-order valence-electron chi connectivity index (χ0n) is 15.1. The van der Waals surface area contributed by atoms with E-state index in [1.807, 2.05) is 19.0 Å². The topological polar surface area (TPSA) is 73.7 Å². The molecule has 0 bridgehead atoms. The van der Waals surface area contributed by atoms with Gasteiger partial charge in [-0.25, -0.2) is 4.39 Å². The number of halogens is 1. The first-order valence-corrected chi connectivity index (χ1v) is 8.49. The number of aromatic nitrogens is 1. The zero-order chi connectivity index (χ0) is 19.6. The molecule has 1 aromatic heterocycles. The average molecular weight is 369 g/mol. The van der Waals surface area contributed by atoms with Crippen LogP contribution in [0.25, 0.3) is 5.76 Å². The Morgan fingerprint density at radius 3 is 2.37 bits per heavy atom. The number of benzene rings is 1. The van der Waals surface area contributed by atoms with Crippen LogP contribution in [0.5, 0.6) is 0 Å². The summed E-state index contributed by atoms with van der Waals surface area (Å²) in [6, 6.07) is 7.83. The van der Waals surface area contributed by atoms with Crippen LogP contribution >= 0.6 is 0 Å². The molecule has 1 aliphatic heterocycles. The molecule has 2 aromatic rings. The van der Waals surface area contributed by atoms with Gasteiger partial charge in [0.2, 0.25) is 0 Å². The summed E-state index contributed by atoms with van der Waals surface area (Å²) in [6.45, 7) is 0.885. The van der Waals surface area contributed by atoms with E-state index in [9.17, 15) is 19.1 Å². The van der Waals surface area contributed by atoms with Crippen molar-refractivity contribution in [2.24, 2.45) is 0 Å². The molecule has 140 valence electrons. The highest BCUT2D eigenvalue weighted by Gasteiger charge is 2.45. The molecule has 1 saturated heterocycles. The third-order valence-electron chi connectivity index (χ3n) is 4.47. The number of hydrogen-bond donors (Lipinski definition) is 1. The lowest BCUT2D eigenvalue weighted by Gasteiger charge is -2.26. The number of hydrogen-bond acceptors (Lipinski definition) is 5. The van der Waals surface area contributed by atoms with Gasteiger partial charge in [-0.05, 0) is 56.1 Å². The Morgan fingerprint density at radius 1 is 1.15 bits per heavy atom. The molecule has 0 spiro atoms. The van der Waals surface area contributed by atoms with Crippen LogP contribution in [0.1, 0.15) is 17.2 Å². The first-order valence-electron chi connectivity index (χ1n) is 8.49. The predicted molar refractivity (Wildman–Crippen MR) is 98.2 cm³/mol. The van der Waals surface area contributed by atoms with E-state index in [4.69, 9.17) is 0 Å². The molecule has 7 heteroatoms. The summed E-state index contributed by atoms with van der Waals surface area (Å²) in [5, 5.41) is 10.8. The lowest BCUT2D eigenvalue weighted by Crippen LogP contribution is -2.35. The first kappa shape index (κ1) is 18.7. The second-order valence-electron chi connectivity index (χ2n) is 6.58. The molecule has 1 aliphatic rings. The summed E-state index contributed by atoms with van der Waals surface area (Å²) in [6.07, 6.45) is 3.14. The fourth-order valence-electron chi connectivity index (χ4n) is 3.07. The number of likely N-dealkylation sites (tertiary alicyclic amines) is 1. The van der Waals surface area contributed by atoms with Crippen molar-refractivity contribution in [2.45, 2.75) is 6.04 Å². The van der Waals surface area contributed by atoms with Crippen LogP contribution in [0.4, 0.5) is 4.39 Å². The Balaban J connectivity index is 2.12. The molecule has 2 heterocycles. The molecule has 6 nitrogen and oxygen atoms in total. The smallest absolute Gasteiger partial charge is 0.295 e. The van der Waals surface area contributed by atoms with Crippen LogP contribution < -0.4 is 0 Å². The first-order chi connectivity index (χ1) is 12.9. The van der Waals surface area contributed by atoms with Crippen molar-refractivity contribution < 1.29 is 19.1 Å². The number of nitrogens with zero attached hydrogens (tertiary/aromatic N) is 3. The van der Waals surface area contributed by atoms with Crippen molar-refractivity contribution in [2.75, 3.05) is 27.2 Å². The van der Waals surface area contributed by atoms with Crippen molar-refractivity contribution >= 4 is 17.4 Å². The maximum atomic E-state index is 13.2. The van der Waals surface area contributed by atoms with Crippen molar-refractivity contribution in [3.8, 4) is 0 Å². The normalized spacial score (nSPS) is 19.1. The van der Waals surface area contributed by atoms with Gasteiger partial charge < -0.3 is 14.9 Å². The molecular formula is C20H20FN3O3. The van der Waals surface area contributed by atoms with E-state index >= 15 is 0 Å². The monoisotopic (exact) mass is 369 g/mol. The minimum atomic E-state index is -0.752. The second-order valence-corrected chi connectivity index (χ2v) is 6.58. The number of Topliss-reactive ketones (excluding diaryl/α,β-unsaturated/α-hetero) is 1. The molecule has 1 N–H and O–H groups in total. The Kier molecular flexibility index (Phi) is 5.32. The van der Waals surface area contributed by atoms with Crippen LogP contribution in [0.15, 0.2) is 54.4 Å². The molecule has 3 rings (SSSR count). The van der Waals surface area contributed by atoms with Gasteiger partial charge in [0.1, 0.15) is 11.6 Å². The fraction of sp³-hybridized carbons (Fsp3) is 0.250. The summed E-state index contributed by atoms with van der Waals surface area (Å²) < 4.78 is 13.2. The van der Waals surface area contributed by atoms with Crippen LogP contribution in [0.2, 0.25) is 0 Å². The van der Waals surface area contributed by atoms with Gasteiger partial charge >= 0.3 is 0 Å². The van der Waals surface area contributed by atoms with Gasteiger partial charge in [-0.1, -0.05) is 0 Å². The van der Waals surface area contributed by atoms with Crippen molar-refractivity contribution in [1.82, 2.24) is 14.8 Å². The van der Waals surface area contributed by atoms with Crippen LogP contribution in [-0.4, -0.2) is 58.8 Å². The van der Waals surface area contributed by atoms with E-state index < -0.39 is 23.5 Å². The molecule has 1 amide bonds. The van der Waals surface area contributed by atoms with Gasteiger partial charge in [-0.15, -0.1) is 0 Å². The van der Waals surface area contributed by atoms with Crippen molar-refractivity contribution in [3.63, 3.8) is 0 Å². The van der Waals surface area contributed by atoms with Gasteiger partial charge in [0.25, 0.3) is 11.7 Å². The lowest BCUT2D eigenvalue weighted by molar-refractivity contribution is -0.140. The molecule has 1 atom stereocenters. The van der Waals surface area contributed by atoms with E-state index in [0.717, 1.165) is 0 Å². The number of likely N-dealkylation sites (N-methyl/N-ethyl adjacent to an activating group) is 1. The van der Waals surface area contributed by atoms with Gasteiger partial charge in [0.05, 0.1) is 11.6 Å². The lowest BCUT2D eigenvalue weighted by atomic mass is 9.96. The van der Waals surface area contributed by atoms with E-state index in [1.165, 1.54) is 29.2 Å². The summed E-state index contributed by atoms with van der Waals surface area (Å²) >= 11 is 0. The number of carbonyl (C=O) groups is 2. The van der Waals surface area contributed by atoms with Crippen molar-refractivity contribution in [1.29, 1.82) is 0 Å². The maximum absolute atomic E-state index is 13.2. The van der Waals surface area contributed by atoms with E-state index in [1.54, 1.807) is 24.5 Å². The highest BCUT2D eigenvalue weighted by Crippen LogP contribution is 2.38. The molecule has 0 saturated carbocycles. The van der Waals surface area contributed by atoms with Crippen LogP contribution in [-0.2, 0) is 9.59 Å². The Bertz CT molecular complexity index is 879. The number of carbonyl (C=O) groups excluding carboxylic acids is 2. The minimum Gasteiger partial charge on any atom is -0.507 e. The molecule has 1 fully saturated rings. The number of aliphatic hydroxyl groups is 1. The molecule has 27 heavy (non-hydrogen) atoms. The zero-order valence-corrected chi connectivity index (χ0v) is 15.1. The number of ketones is 1. The second kappa shape index (κ2) is 7.67. The molecular weight excluding hydrogens is 349 g/mol. The Morgan fingerprint density at radius 2 is 1.78 bits per heavy atom. The average Bonchev–Trinajstić information content (AvgIpc) is 2.91. The Labute approximate surface area is 156 Å². The molecule has 0 radical (unpaired) electrons. The highest BCUT2D eigenvalue weighted by molar-refractivity contribution is 6.46. The SMILES string of the molecule is CN(C)CCN1C(=O)C(=O)/C(=C(/O)c2ccc(F)cc2)C1c1ccncc1. The van der Waals surface area contributed by atoms with Gasteiger partial charge in [0, 0.05) is 31.0 Å². The molecule has 1 unspecified atom stereocenters. The van der Waals surface area contributed by atoms with E-state index in [-0.39, 0.29) is 16.9 Å². The van der Waals surface area contributed by atoms with E-state index in [0.29, 0.717) is 18.7 Å². The number of amides is 1. The fourth-order valence-corrected chi connectivity index (χ4v) is 3.07. The van der Waals surface area contributed by atoms with Gasteiger partial charge in [0.15, 0.2) is 0 Å². The number of rotatable bonds is 5. The predicted octanol–water partition coefficient (Wildman–Crippen LogP) is 2.20. The summed E-state index contributed by atoms with van der Waals surface area (Å²) in [5.41, 5.74) is 0.948.